The summed E-state index contributed by atoms with van der Waals surface area (Å²) < 4.78 is 63.5. The van der Waals surface area contributed by atoms with E-state index in [9.17, 15) is 16.8 Å². The van der Waals surface area contributed by atoms with Crippen LogP contribution < -0.4 is 9.46 Å². The standard InChI is InChI=1S/C15H24N2O6S2/c1-12-10-14(22-3)4-5-15(12)25(20,21)16-6-9-24(18,19)17-7-8-23-13(2)11-17/h4-5,10,13,16H,6-9,11H2,1-3H3. The van der Waals surface area contributed by atoms with Crippen LogP contribution in [0.3, 0.4) is 0 Å². The number of nitrogens with one attached hydrogen (secondary N) is 1. The molecule has 2 rings (SSSR count). The first-order chi connectivity index (χ1) is 11.7. The molecule has 1 aliphatic rings. The first kappa shape index (κ1) is 20.1. The number of ether oxygens (including phenoxy) is 2. The van der Waals surface area contributed by atoms with E-state index < -0.39 is 20.0 Å². The van der Waals surface area contributed by atoms with Crippen LogP contribution in [0.5, 0.6) is 5.75 Å². The van der Waals surface area contributed by atoms with Crippen molar-refractivity contribution in [2.24, 2.45) is 0 Å². The molecule has 1 aromatic rings. The monoisotopic (exact) mass is 392 g/mol. The van der Waals surface area contributed by atoms with Crippen molar-refractivity contribution in [3.63, 3.8) is 0 Å². The van der Waals surface area contributed by atoms with Gasteiger partial charge in [0.2, 0.25) is 20.0 Å². The molecule has 0 aromatic heterocycles. The summed E-state index contributed by atoms with van der Waals surface area (Å²) in [5.74, 6) is 0.259. The fourth-order valence-electron chi connectivity index (χ4n) is 2.60. The molecule has 1 unspecified atom stereocenters. The summed E-state index contributed by atoms with van der Waals surface area (Å²) in [5, 5.41) is 0. The Morgan fingerprint density at radius 1 is 1.32 bits per heavy atom. The van der Waals surface area contributed by atoms with Gasteiger partial charge in [0.05, 0.1) is 30.5 Å². The predicted molar refractivity (Wildman–Crippen MR) is 93.7 cm³/mol. The fraction of sp³-hybridized carbons (Fsp3) is 0.600. The van der Waals surface area contributed by atoms with Crippen molar-refractivity contribution < 1.29 is 26.3 Å². The van der Waals surface area contributed by atoms with Gasteiger partial charge in [0.1, 0.15) is 5.75 Å². The minimum atomic E-state index is -3.79. The average Bonchev–Trinajstić information content (AvgIpc) is 2.54. The molecule has 1 N–H and O–H groups in total. The summed E-state index contributed by atoms with van der Waals surface area (Å²) in [4.78, 5) is 0.102. The predicted octanol–water partition coefficient (Wildman–Crippen LogP) is 0.332. The molecule has 1 heterocycles. The highest BCUT2D eigenvalue weighted by molar-refractivity contribution is 7.90. The van der Waals surface area contributed by atoms with Gasteiger partial charge in [0, 0.05) is 19.6 Å². The van der Waals surface area contributed by atoms with Crippen molar-refractivity contribution in [1.82, 2.24) is 9.03 Å². The number of rotatable bonds is 7. The Hall–Kier alpha value is -1.20. The van der Waals surface area contributed by atoms with Crippen LogP contribution in [0, 0.1) is 6.92 Å². The van der Waals surface area contributed by atoms with Gasteiger partial charge in [0.25, 0.3) is 0 Å². The second-order valence-corrected chi connectivity index (χ2v) is 9.71. The molecule has 1 fully saturated rings. The highest BCUT2D eigenvalue weighted by Crippen LogP contribution is 2.20. The number of methoxy groups -OCH3 is 1. The number of benzene rings is 1. The molecule has 1 aromatic carbocycles. The van der Waals surface area contributed by atoms with E-state index in [-0.39, 0.29) is 36.4 Å². The van der Waals surface area contributed by atoms with Gasteiger partial charge in [-0.2, -0.15) is 4.31 Å². The molecule has 10 heteroatoms. The van der Waals surface area contributed by atoms with Crippen molar-refractivity contribution >= 4 is 20.0 Å². The molecule has 0 radical (unpaired) electrons. The van der Waals surface area contributed by atoms with Gasteiger partial charge in [-0.1, -0.05) is 0 Å². The van der Waals surface area contributed by atoms with Crippen molar-refractivity contribution in [2.45, 2.75) is 24.8 Å². The minimum Gasteiger partial charge on any atom is -0.497 e. The Kier molecular flexibility index (Phi) is 6.44. The summed E-state index contributed by atoms with van der Waals surface area (Å²) in [7, 11) is -5.83. The quantitative estimate of drug-likeness (QED) is 0.718. The number of sulfonamides is 2. The summed E-state index contributed by atoms with van der Waals surface area (Å²) in [6, 6.07) is 4.60. The van der Waals surface area contributed by atoms with Crippen LogP contribution in [0.4, 0.5) is 0 Å². The summed E-state index contributed by atoms with van der Waals surface area (Å²) in [6.07, 6.45) is -0.165. The van der Waals surface area contributed by atoms with Gasteiger partial charge < -0.3 is 9.47 Å². The van der Waals surface area contributed by atoms with E-state index in [2.05, 4.69) is 4.72 Å². The smallest absolute Gasteiger partial charge is 0.240 e. The van der Waals surface area contributed by atoms with Crippen LogP contribution in [-0.4, -0.2) is 66.3 Å². The van der Waals surface area contributed by atoms with Crippen LogP contribution >= 0.6 is 0 Å². The minimum absolute atomic E-state index is 0.102. The van der Waals surface area contributed by atoms with E-state index in [4.69, 9.17) is 9.47 Å². The maximum atomic E-state index is 12.4. The second kappa shape index (κ2) is 8.00. The zero-order valence-electron chi connectivity index (χ0n) is 14.6. The summed E-state index contributed by atoms with van der Waals surface area (Å²) in [6.45, 7) is 4.18. The van der Waals surface area contributed by atoms with Crippen molar-refractivity contribution in [1.29, 1.82) is 0 Å². The molecule has 0 saturated carbocycles. The summed E-state index contributed by atoms with van der Waals surface area (Å²) in [5.41, 5.74) is 0.525. The molecule has 25 heavy (non-hydrogen) atoms. The molecule has 142 valence electrons. The lowest BCUT2D eigenvalue weighted by Gasteiger charge is -2.30. The normalized spacial score (nSPS) is 19.7. The SMILES string of the molecule is COc1ccc(S(=O)(=O)NCCS(=O)(=O)N2CCOC(C)C2)c(C)c1. The van der Waals surface area contributed by atoms with Crippen molar-refractivity contribution in [2.75, 3.05) is 39.1 Å². The largest absolute Gasteiger partial charge is 0.497 e. The highest BCUT2D eigenvalue weighted by atomic mass is 32.2. The molecule has 0 bridgehead atoms. The summed E-state index contributed by atoms with van der Waals surface area (Å²) >= 11 is 0. The first-order valence-corrected chi connectivity index (χ1v) is 11.0. The average molecular weight is 392 g/mol. The molecule has 0 amide bonds. The molecule has 0 spiro atoms. The van der Waals surface area contributed by atoms with Crippen LogP contribution in [0.2, 0.25) is 0 Å². The third-order valence-electron chi connectivity index (χ3n) is 3.92. The zero-order chi connectivity index (χ0) is 18.7. The lowest BCUT2D eigenvalue weighted by Crippen LogP contribution is -2.46. The molecule has 0 aliphatic carbocycles. The Labute approximate surface area is 149 Å². The molecule has 1 atom stereocenters. The first-order valence-electron chi connectivity index (χ1n) is 7.89. The third-order valence-corrected chi connectivity index (χ3v) is 7.38. The Balaban J connectivity index is 2.00. The van der Waals surface area contributed by atoms with Gasteiger partial charge in [-0.3, -0.25) is 0 Å². The van der Waals surface area contributed by atoms with Crippen LogP contribution in [0.15, 0.2) is 23.1 Å². The van der Waals surface area contributed by atoms with Gasteiger partial charge in [0.15, 0.2) is 0 Å². The van der Waals surface area contributed by atoms with Gasteiger partial charge in [-0.05, 0) is 37.6 Å². The van der Waals surface area contributed by atoms with Gasteiger partial charge >= 0.3 is 0 Å². The number of aryl methyl sites for hydroxylation is 1. The van der Waals surface area contributed by atoms with E-state index in [1.54, 1.807) is 26.0 Å². The molecule has 8 nitrogen and oxygen atoms in total. The molecular weight excluding hydrogens is 368 g/mol. The number of nitrogens with zero attached hydrogens (tertiary/aromatic N) is 1. The van der Waals surface area contributed by atoms with Crippen LogP contribution in [0.25, 0.3) is 0 Å². The Bertz CT molecular complexity index is 807. The van der Waals surface area contributed by atoms with E-state index >= 15 is 0 Å². The topological polar surface area (TPSA) is 102 Å². The lowest BCUT2D eigenvalue weighted by molar-refractivity contribution is 0.0102. The lowest BCUT2D eigenvalue weighted by atomic mass is 10.2. The number of hydrogen-bond acceptors (Lipinski definition) is 6. The van der Waals surface area contributed by atoms with Crippen molar-refractivity contribution in [3.05, 3.63) is 23.8 Å². The third kappa shape index (κ3) is 5.14. The van der Waals surface area contributed by atoms with Crippen molar-refractivity contribution in [3.8, 4) is 5.75 Å². The maximum absolute atomic E-state index is 12.4. The second-order valence-electron chi connectivity index (χ2n) is 5.88. The number of hydrogen-bond donors (Lipinski definition) is 1. The van der Waals surface area contributed by atoms with E-state index in [0.717, 1.165) is 0 Å². The Morgan fingerprint density at radius 2 is 2.04 bits per heavy atom. The van der Waals surface area contributed by atoms with Crippen LogP contribution in [0.1, 0.15) is 12.5 Å². The van der Waals surface area contributed by atoms with Gasteiger partial charge in [-0.25, -0.2) is 21.6 Å². The maximum Gasteiger partial charge on any atom is 0.240 e. The highest BCUT2D eigenvalue weighted by Gasteiger charge is 2.28. The Morgan fingerprint density at radius 3 is 2.64 bits per heavy atom. The fourth-order valence-corrected chi connectivity index (χ4v) is 5.39. The number of morpholine rings is 1. The molecule has 1 saturated heterocycles. The molecular formula is C15H24N2O6S2. The van der Waals surface area contributed by atoms with Crippen LogP contribution in [-0.2, 0) is 24.8 Å². The van der Waals surface area contributed by atoms with E-state index in [1.165, 1.54) is 17.5 Å². The molecule has 1 aliphatic heterocycles. The zero-order valence-corrected chi connectivity index (χ0v) is 16.2. The van der Waals surface area contributed by atoms with E-state index in [1.807, 2.05) is 0 Å². The van der Waals surface area contributed by atoms with Gasteiger partial charge in [-0.15, -0.1) is 0 Å². The van der Waals surface area contributed by atoms with E-state index in [0.29, 0.717) is 17.9 Å².